The molecular formula is C13H21N7. The van der Waals surface area contributed by atoms with Crippen LogP contribution in [0.15, 0.2) is 18.5 Å². The first-order valence-electron chi connectivity index (χ1n) is 6.90. The molecule has 0 aliphatic heterocycles. The lowest BCUT2D eigenvalue weighted by Gasteiger charge is -2.12. The summed E-state index contributed by atoms with van der Waals surface area (Å²) in [5, 5.41) is 14.2. The van der Waals surface area contributed by atoms with Crippen molar-refractivity contribution in [3.8, 4) is 0 Å². The van der Waals surface area contributed by atoms with Gasteiger partial charge < -0.3 is 10.6 Å². The van der Waals surface area contributed by atoms with E-state index in [2.05, 4.69) is 51.7 Å². The van der Waals surface area contributed by atoms with E-state index >= 15 is 0 Å². The SMILES string of the molecule is CCNc1cc(NCCn2ccnn2)nc(C(C)C)n1. The van der Waals surface area contributed by atoms with Crippen LogP contribution in [-0.2, 0) is 6.54 Å². The second-order valence-corrected chi connectivity index (χ2v) is 4.77. The first-order valence-corrected chi connectivity index (χ1v) is 6.90. The van der Waals surface area contributed by atoms with Gasteiger partial charge in [-0.15, -0.1) is 5.10 Å². The lowest BCUT2D eigenvalue weighted by Crippen LogP contribution is -2.14. The standard InChI is InChI=1S/C13H21N7/c1-4-14-11-9-12(18-13(17-11)10(2)3)15-5-7-20-8-6-16-19-20/h6,8-10H,4-5,7H2,1-3H3,(H2,14,15,17,18). The Labute approximate surface area is 118 Å². The monoisotopic (exact) mass is 275 g/mol. The third kappa shape index (κ3) is 3.91. The van der Waals surface area contributed by atoms with E-state index in [1.807, 2.05) is 12.3 Å². The molecule has 7 nitrogen and oxygen atoms in total. The molecule has 0 bridgehead atoms. The Morgan fingerprint density at radius 3 is 2.55 bits per heavy atom. The van der Waals surface area contributed by atoms with E-state index in [1.165, 1.54) is 0 Å². The molecule has 0 aromatic carbocycles. The summed E-state index contributed by atoms with van der Waals surface area (Å²) in [7, 11) is 0. The number of aromatic nitrogens is 5. The third-order valence-corrected chi connectivity index (χ3v) is 2.74. The molecule has 2 rings (SSSR count). The number of nitrogens with one attached hydrogen (secondary N) is 2. The summed E-state index contributed by atoms with van der Waals surface area (Å²) in [6.07, 6.45) is 3.51. The molecule has 7 heteroatoms. The predicted octanol–water partition coefficient (Wildman–Crippen LogP) is 1.74. The minimum atomic E-state index is 0.296. The highest BCUT2D eigenvalue weighted by atomic mass is 15.4. The maximum Gasteiger partial charge on any atom is 0.135 e. The average molecular weight is 275 g/mol. The topological polar surface area (TPSA) is 80.5 Å². The molecule has 2 heterocycles. The van der Waals surface area contributed by atoms with Crippen LogP contribution in [0.3, 0.4) is 0 Å². The Bertz CT molecular complexity index is 522. The normalized spacial score (nSPS) is 10.8. The van der Waals surface area contributed by atoms with Gasteiger partial charge in [-0.2, -0.15) is 0 Å². The number of rotatable bonds is 7. The predicted molar refractivity (Wildman–Crippen MR) is 78.8 cm³/mol. The maximum atomic E-state index is 4.53. The first kappa shape index (κ1) is 14.2. The molecule has 0 saturated heterocycles. The van der Waals surface area contributed by atoms with Crippen LogP contribution < -0.4 is 10.6 Å². The molecule has 2 aromatic heterocycles. The summed E-state index contributed by atoms with van der Waals surface area (Å²) < 4.78 is 1.78. The molecule has 0 aliphatic carbocycles. The van der Waals surface area contributed by atoms with Gasteiger partial charge in [0.05, 0.1) is 12.7 Å². The fourth-order valence-electron chi connectivity index (χ4n) is 1.74. The molecule has 0 aliphatic rings. The summed E-state index contributed by atoms with van der Waals surface area (Å²) in [5.41, 5.74) is 0. The summed E-state index contributed by atoms with van der Waals surface area (Å²) in [6.45, 7) is 8.55. The van der Waals surface area contributed by atoms with Crippen molar-refractivity contribution in [2.45, 2.75) is 33.2 Å². The van der Waals surface area contributed by atoms with E-state index in [4.69, 9.17) is 0 Å². The van der Waals surface area contributed by atoms with Crippen LogP contribution in [0.4, 0.5) is 11.6 Å². The summed E-state index contributed by atoms with van der Waals surface area (Å²) >= 11 is 0. The van der Waals surface area contributed by atoms with E-state index in [1.54, 1.807) is 10.9 Å². The van der Waals surface area contributed by atoms with Gasteiger partial charge >= 0.3 is 0 Å². The van der Waals surface area contributed by atoms with Gasteiger partial charge in [-0.25, -0.2) is 9.97 Å². The molecular weight excluding hydrogens is 254 g/mol. The largest absolute Gasteiger partial charge is 0.370 e. The minimum Gasteiger partial charge on any atom is -0.370 e. The van der Waals surface area contributed by atoms with Gasteiger partial charge in [0.2, 0.25) is 0 Å². The zero-order chi connectivity index (χ0) is 14.4. The highest BCUT2D eigenvalue weighted by Gasteiger charge is 2.07. The van der Waals surface area contributed by atoms with E-state index in [0.29, 0.717) is 5.92 Å². The molecule has 0 fully saturated rings. The molecule has 0 radical (unpaired) electrons. The van der Waals surface area contributed by atoms with Crippen LogP contribution in [0.2, 0.25) is 0 Å². The number of nitrogens with zero attached hydrogens (tertiary/aromatic N) is 5. The molecule has 2 aromatic rings. The average Bonchev–Trinajstić information content (AvgIpc) is 2.92. The fourth-order valence-corrected chi connectivity index (χ4v) is 1.74. The quantitative estimate of drug-likeness (QED) is 0.801. The molecule has 0 unspecified atom stereocenters. The van der Waals surface area contributed by atoms with Crippen molar-refractivity contribution in [3.05, 3.63) is 24.3 Å². The smallest absolute Gasteiger partial charge is 0.135 e. The Morgan fingerprint density at radius 2 is 1.95 bits per heavy atom. The van der Waals surface area contributed by atoms with Crippen LogP contribution in [-0.4, -0.2) is 38.1 Å². The molecule has 108 valence electrons. The zero-order valence-corrected chi connectivity index (χ0v) is 12.2. The van der Waals surface area contributed by atoms with Crippen molar-refractivity contribution in [1.82, 2.24) is 25.0 Å². The van der Waals surface area contributed by atoms with Crippen molar-refractivity contribution >= 4 is 11.6 Å². The molecule has 0 saturated carbocycles. The molecule has 2 N–H and O–H groups in total. The first-order chi connectivity index (χ1) is 9.69. The van der Waals surface area contributed by atoms with Crippen LogP contribution in [0, 0.1) is 0 Å². The van der Waals surface area contributed by atoms with Crippen molar-refractivity contribution in [3.63, 3.8) is 0 Å². The van der Waals surface area contributed by atoms with Gasteiger partial charge in [-0.3, -0.25) is 4.68 Å². The zero-order valence-electron chi connectivity index (χ0n) is 12.2. The molecule has 0 spiro atoms. The van der Waals surface area contributed by atoms with Crippen LogP contribution in [0.1, 0.15) is 32.5 Å². The number of anilines is 2. The van der Waals surface area contributed by atoms with Gasteiger partial charge in [0.1, 0.15) is 17.5 Å². The highest BCUT2D eigenvalue weighted by molar-refractivity contribution is 5.47. The Kier molecular flexibility index (Phi) is 4.86. The van der Waals surface area contributed by atoms with Crippen LogP contribution in [0.25, 0.3) is 0 Å². The fraction of sp³-hybridized carbons (Fsp3) is 0.538. The summed E-state index contributed by atoms with van der Waals surface area (Å²) in [5.74, 6) is 2.82. The van der Waals surface area contributed by atoms with Crippen molar-refractivity contribution in [2.24, 2.45) is 0 Å². The van der Waals surface area contributed by atoms with Gasteiger partial charge in [0.25, 0.3) is 0 Å². The molecule has 0 atom stereocenters. The summed E-state index contributed by atoms with van der Waals surface area (Å²) in [4.78, 5) is 9.02. The van der Waals surface area contributed by atoms with Crippen molar-refractivity contribution in [1.29, 1.82) is 0 Å². The van der Waals surface area contributed by atoms with E-state index in [0.717, 1.165) is 37.1 Å². The van der Waals surface area contributed by atoms with Gasteiger partial charge in [0.15, 0.2) is 0 Å². The van der Waals surface area contributed by atoms with E-state index in [9.17, 15) is 0 Å². The molecule has 20 heavy (non-hydrogen) atoms. The highest BCUT2D eigenvalue weighted by Crippen LogP contribution is 2.16. The van der Waals surface area contributed by atoms with Crippen molar-refractivity contribution in [2.75, 3.05) is 23.7 Å². The second kappa shape index (κ2) is 6.83. The molecule has 0 amide bonds. The second-order valence-electron chi connectivity index (χ2n) is 4.77. The van der Waals surface area contributed by atoms with Gasteiger partial charge in [-0.05, 0) is 6.92 Å². The van der Waals surface area contributed by atoms with E-state index < -0.39 is 0 Å². The van der Waals surface area contributed by atoms with E-state index in [-0.39, 0.29) is 0 Å². The van der Waals surface area contributed by atoms with Crippen LogP contribution in [0.5, 0.6) is 0 Å². The van der Waals surface area contributed by atoms with Crippen LogP contribution >= 0.6 is 0 Å². The lowest BCUT2D eigenvalue weighted by molar-refractivity contribution is 0.608. The van der Waals surface area contributed by atoms with Crippen molar-refractivity contribution < 1.29 is 0 Å². The minimum absolute atomic E-state index is 0.296. The number of hydrogen-bond acceptors (Lipinski definition) is 6. The maximum absolute atomic E-state index is 4.53. The summed E-state index contributed by atoms with van der Waals surface area (Å²) in [6, 6.07) is 1.93. The third-order valence-electron chi connectivity index (χ3n) is 2.74. The van der Waals surface area contributed by atoms with Gasteiger partial charge in [-0.1, -0.05) is 19.1 Å². The number of hydrogen-bond donors (Lipinski definition) is 2. The lowest BCUT2D eigenvalue weighted by atomic mass is 10.2. The Morgan fingerprint density at radius 1 is 1.20 bits per heavy atom. The Hall–Kier alpha value is -2.18. The van der Waals surface area contributed by atoms with Gasteiger partial charge in [0, 0.05) is 31.3 Å². The Balaban J connectivity index is 2.01.